The number of aromatic hydroxyl groups is 1. The minimum absolute atomic E-state index is 0. The molecule has 14 heavy (non-hydrogen) atoms. The Balaban J connectivity index is 0. The summed E-state index contributed by atoms with van der Waals surface area (Å²) in [6.45, 7) is -0.148. The molecule has 0 unspecified atom stereocenters. The molecule has 0 bridgehead atoms. The second kappa shape index (κ2) is 8.47. The maximum absolute atomic E-state index is 9.95. The maximum Gasteiger partial charge on any atom is 1.00 e. The largest absolute Gasteiger partial charge is 1.00 e. The summed E-state index contributed by atoms with van der Waals surface area (Å²) in [7, 11) is -2.30. The van der Waals surface area contributed by atoms with Crippen LogP contribution < -0.4 is 47.8 Å². The van der Waals surface area contributed by atoms with Crippen LogP contribution in [0.5, 0.6) is 5.75 Å². The predicted octanol–water partition coefficient (Wildman–Crippen LogP) is -7.38. The van der Waals surface area contributed by atoms with Crippen LogP contribution in [0, 0.1) is 0 Å². The number of phenols is 1. The molecule has 1 aromatic carbocycles. The molecule has 0 spiro atoms. The van der Waals surface area contributed by atoms with Crippen LogP contribution in [0.25, 0.3) is 0 Å². The molecule has 1 rings (SSSR count). The molecule has 7 heteroatoms. The second-order valence-corrected chi connectivity index (χ2v) is 2.23. The van der Waals surface area contributed by atoms with Crippen molar-refractivity contribution in [2.45, 2.75) is 6.61 Å². The van der Waals surface area contributed by atoms with Crippen molar-refractivity contribution in [3.63, 3.8) is 0 Å². The fourth-order valence-corrected chi connectivity index (χ4v) is 0.791. The first kappa shape index (κ1) is 16.6. The SMILES string of the molecule is [Li+].[Li+].[O-]B([O-])OCc1ccccc1O. The van der Waals surface area contributed by atoms with Gasteiger partial charge in [0.15, 0.2) is 0 Å². The molecular weight excluding hydrogens is 173 g/mol. The molecule has 0 saturated heterocycles. The number of rotatable bonds is 3. The van der Waals surface area contributed by atoms with Crippen molar-refractivity contribution in [2.24, 2.45) is 0 Å². The van der Waals surface area contributed by atoms with Crippen molar-refractivity contribution in [3.8, 4) is 5.75 Å². The number of phenolic OH excluding ortho intramolecular Hbond substituents is 1. The van der Waals surface area contributed by atoms with Gasteiger partial charge in [-0.3, -0.25) is 0 Å². The van der Waals surface area contributed by atoms with E-state index in [-0.39, 0.29) is 50.1 Å². The van der Waals surface area contributed by atoms with Crippen LogP contribution in [-0.4, -0.2) is 12.4 Å². The van der Waals surface area contributed by atoms with Gasteiger partial charge >= 0.3 is 37.7 Å². The summed E-state index contributed by atoms with van der Waals surface area (Å²) in [5.41, 5.74) is 0.439. The minimum atomic E-state index is -2.30. The molecule has 0 radical (unpaired) electrons. The molecule has 0 amide bonds. The van der Waals surface area contributed by atoms with Gasteiger partial charge in [-0.15, -0.1) is 0 Å². The van der Waals surface area contributed by atoms with Gasteiger partial charge < -0.3 is 19.8 Å². The third-order valence-electron chi connectivity index (χ3n) is 1.37. The Morgan fingerprint density at radius 3 is 2.29 bits per heavy atom. The molecule has 64 valence electrons. The van der Waals surface area contributed by atoms with Crippen molar-refractivity contribution in [1.82, 2.24) is 0 Å². The molecule has 1 aromatic rings. The van der Waals surface area contributed by atoms with E-state index < -0.39 is 7.32 Å². The van der Waals surface area contributed by atoms with E-state index in [0.717, 1.165) is 0 Å². The Bertz CT molecular complexity index is 259. The van der Waals surface area contributed by atoms with Crippen LogP contribution in [0.4, 0.5) is 0 Å². The number of para-hydroxylation sites is 1. The maximum atomic E-state index is 9.95. The fraction of sp³-hybridized carbons (Fsp3) is 0.143. The molecular formula is C7H7BLi2O4. The van der Waals surface area contributed by atoms with Gasteiger partial charge in [0, 0.05) is 5.56 Å². The molecule has 0 aromatic heterocycles. The van der Waals surface area contributed by atoms with Crippen LogP contribution >= 0.6 is 0 Å². The summed E-state index contributed by atoms with van der Waals surface area (Å²) in [6, 6.07) is 6.37. The Morgan fingerprint density at radius 2 is 1.79 bits per heavy atom. The van der Waals surface area contributed by atoms with Crippen LogP contribution in [0.15, 0.2) is 24.3 Å². The van der Waals surface area contributed by atoms with Crippen LogP contribution in [0.2, 0.25) is 0 Å². The van der Waals surface area contributed by atoms with E-state index >= 15 is 0 Å². The summed E-state index contributed by atoms with van der Waals surface area (Å²) in [4.78, 5) is 0. The number of hydrogen-bond donors (Lipinski definition) is 1. The molecule has 0 heterocycles. The van der Waals surface area contributed by atoms with Gasteiger partial charge in [-0.25, -0.2) is 0 Å². The zero-order chi connectivity index (χ0) is 8.97. The Hall–Kier alpha value is 0.160. The zero-order valence-corrected chi connectivity index (χ0v) is 8.27. The normalized spacial score (nSPS) is 8.43. The second-order valence-electron chi connectivity index (χ2n) is 2.23. The van der Waals surface area contributed by atoms with Crippen molar-refractivity contribution in [1.29, 1.82) is 0 Å². The van der Waals surface area contributed by atoms with E-state index in [9.17, 15) is 10.0 Å². The Labute approximate surface area is 107 Å². The van der Waals surface area contributed by atoms with E-state index in [1.165, 1.54) is 6.07 Å². The summed E-state index contributed by atoms with van der Waals surface area (Å²) < 4.78 is 4.24. The van der Waals surface area contributed by atoms with Gasteiger partial charge in [0.05, 0.1) is 13.9 Å². The minimum Gasteiger partial charge on any atom is -0.871 e. The molecule has 0 saturated carbocycles. The Kier molecular flexibility index (Phi) is 10.0. The zero-order valence-electron chi connectivity index (χ0n) is 8.27. The topological polar surface area (TPSA) is 75.6 Å². The molecule has 0 aliphatic carbocycles. The van der Waals surface area contributed by atoms with E-state index in [1.54, 1.807) is 18.2 Å². The third-order valence-corrected chi connectivity index (χ3v) is 1.37. The van der Waals surface area contributed by atoms with Crippen molar-refractivity contribution in [2.75, 3.05) is 0 Å². The first-order chi connectivity index (χ1) is 5.70. The molecule has 0 fully saturated rings. The smallest absolute Gasteiger partial charge is 0.871 e. The molecule has 0 atom stereocenters. The number of hydrogen-bond acceptors (Lipinski definition) is 4. The quantitative estimate of drug-likeness (QED) is 0.468. The van der Waals surface area contributed by atoms with Gasteiger partial charge in [0.2, 0.25) is 0 Å². The van der Waals surface area contributed by atoms with Crippen molar-refractivity contribution < 1.29 is 57.5 Å². The standard InChI is InChI=1S/C7H7BO4.2Li/c9-7-4-2-1-3-6(7)5-12-8(10)11;;/h1-4,9H,5H2;;/q-2;2*+1. The first-order valence-electron chi connectivity index (χ1n) is 3.40. The van der Waals surface area contributed by atoms with Crippen LogP contribution in [-0.2, 0) is 11.3 Å². The molecule has 4 nitrogen and oxygen atoms in total. The van der Waals surface area contributed by atoms with E-state index in [2.05, 4.69) is 4.65 Å². The van der Waals surface area contributed by atoms with Crippen LogP contribution in [0.3, 0.4) is 0 Å². The summed E-state index contributed by atoms with van der Waals surface area (Å²) >= 11 is 0. The summed E-state index contributed by atoms with van der Waals surface area (Å²) in [6.07, 6.45) is 0. The summed E-state index contributed by atoms with van der Waals surface area (Å²) in [5, 5.41) is 29.0. The van der Waals surface area contributed by atoms with Gasteiger partial charge in [0.1, 0.15) is 5.75 Å². The van der Waals surface area contributed by atoms with Crippen LogP contribution in [0.1, 0.15) is 5.56 Å². The number of benzene rings is 1. The van der Waals surface area contributed by atoms with E-state index in [0.29, 0.717) is 5.56 Å². The Morgan fingerprint density at radius 1 is 1.21 bits per heavy atom. The van der Waals surface area contributed by atoms with Crippen molar-refractivity contribution >= 4 is 7.32 Å². The monoisotopic (exact) mass is 180 g/mol. The van der Waals surface area contributed by atoms with E-state index in [1.807, 2.05) is 0 Å². The van der Waals surface area contributed by atoms with Crippen molar-refractivity contribution in [3.05, 3.63) is 29.8 Å². The predicted molar refractivity (Wildman–Crippen MR) is 38.6 cm³/mol. The molecule has 0 aliphatic rings. The van der Waals surface area contributed by atoms with E-state index in [4.69, 9.17) is 5.11 Å². The van der Waals surface area contributed by atoms with Gasteiger partial charge in [-0.05, 0) is 6.07 Å². The van der Waals surface area contributed by atoms with Gasteiger partial charge in [-0.2, -0.15) is 0 Å². The van der Waals surface area contributed by atoms with Gasteiger partial charge in [0.25, 0.3) is 0 Å². The molecule has 1 N–H and O–H groups in total. The van der Waals surface area contributed by atoms with Gasteiger partial charge in [-0.1, -0.05) is 18.2 Å². The first-order valence-corrected chi connectivity index (χ1v) is 3.40. The third kappa shape index (κ3) is 5.80. The average molecular weight is 180 g/mol. The summed E-state index contributed by atoms with van der Waals surface area (Å²) in [5.74, 6) is 0.0261. The average Bonchev–Trinajstić information content (AvgIpc) is 2.03. The molecule has 0 aliphatic heterocycles. The fourth-order valence-electron chi connectivity index (χ4n) is 0.791.